The van der Waals surface area contributed by atoms with Gasteiger partial charge in [0.2, 0.25) is 15.9 Å². The Bertz CT molecular complexity index is 355. The van der Waals surface area contributed by atoms with Gasteiger partial charge in [-0.3, -0.25) is 4.79 Å². The fraction of sp³-hybridized carbons (Fsp3) is 0.917. The highest BCUT2D eigenvalue weighted by Crippen LogP contribution is 2.08. The van der Waals surface area contributed by atoms with E-state index < -0.39 is 10.0 Å². The molecule has 7 heteroatoms. The lowest BCUT2D eigenvalue weighted by Crippen LogP contribution is -2.36. The van der Waals surface area contributed by atoms with Gasteiger partial charge in [0.05, 0.1) is 5.75 Å². The SMILES string of the molecule is CCNS(=O)(=O)CCNC(=O)C(C)CCCC(C)N. The van der Waals surface area contributed by atoms with Gasteiger partial charge in [-0.2, -0.15) is 0 Å². The molecule has 6 nitrogen and oxygen atoms in total. The van der Waals surface area contributed by atoms with Crippen LogP contribution in [0.15, 0.2) is 0 Å². The third-order valence-corrected chi connectivity index (χ3v) is 4.25. The number of hydrogen-bond donors (Lipinski definition) is 3. The zero-order valence-corrected chi connectivity index (χ0v) is 12.9. The average Bonchev–Trinajstić information content (AvgIpc) is 2.27. The van der Waals surface area contributed by atoms with Gasteiger partial charge in [0.15, 0.2) is 0 Å². The number of hydrogen-bond acceptors (Lipinski definition) is 4. The molecule has 2 atom stereocenters. The standard InChI is InChI=1S/C12H27N3O3S/c1-4-15-19(17,18)9-8-14-12(16)10(2)6-5-7-11(3)13/h10-11,15H,4-9,13H2,1-3H3,(H,14,16). The van der Waals surface area contributed by atoms with Crippen LogP contribution in [0.25, 0.3) is 0 Å². The first-order valence-corrected chi connectivity index (χ1v) is 8.44. The molecule has 2 unspecified atom stereocenters. The summed E-state index contributed by atoms with van der Waals surface area (Å²) in [5.41, 5.74) is 5.64. The predicted octanol–water partition coefficient (Wildman–Crippen LogP) is 0.196. The highest BCUT2D eigenvalue weighted by atomic mass is 32.2. The number of nitrogens with two attached hydrogens (primary N) is 1. The summed E-state index contributed by atoms with van der Waals surface area (Å²) in [6, 6.07) is 0.153. The van der Waals surface area contributed by atoms with Crippen LogP contribution < -0.4 is 15.8 Å². The van der Waals surface area contributed by atoms with Crippen LogP contribution >= 0.6 is 0 Å². The minimum atomic E-state index is -3.26. The molecule has 0 aliphatic carbocycles. The lowest BCUT2D eigenvalue weighted by molar-refractivity contribution is -0.124. The maximum absolute atomic E-state index is 11.7. The van der Waals surface area contributed by atoms with Crippen molar-refractivity contribution in [1.29, 1.82) is 0 Å². The van der Waals surface area contributed by atoms with Crippen molar-refractivity contribution in [2.75, 3.05) is 18.8 Å². The summed E-state index contributed by atoms with van der Waals surface area (Å²) in [4.78, 5) is 11.7. The summed E-state index contributed by atoms with van der Waals surface area (Å²) in [5, 5.41) is 2.65. The van der Waals surface area contributed by atoms with Crippen LogP contribution in [0.3, 0.4) is 0 Å². The molecule has 0 aromatic rings. The summed E-state index contributed by atoms with van der Waals surface area (Å²) in [6.07, 6.45) is 2.57. The summed E-state index contributed by atoms with van der Waals surface area (Å²) in [7, 11) is -3.26. The maximum Gasteiger partial charge on any atom is 0.222 e. The van der Waals surface area contributed by atoms with Crippen molar-refractivity contribution >= 4 is 15.9 Å². The minimum Gasteiger partial charge on any atom is -0.355 e. The Hall–Kier alpha value is -0.660. The highest BCUT2D eigenvalue weighted by Gasteiger charge is 2.14. The highest BCUT2D eigenvalue weighted by molar-refractivity contribution is 7.89. The van der Waals surface area contributed by atoms with Crippen molar-refractivity contribution in [3.05, 3.63) is 0 Å². The predicted molar refractivity (Wildman–Crippen MR) is 77.1 cm³/mol. The Labute approximate surface area is 116 Å². The van der Waals surface area contributed by atoms with Crippen molar-refractivity contribution < 1.29 is 13.2 Å². The molecule has 0 spiro atoms. The van der Waals surface area contributed by atoms with Crippen molar-refractivity contribution in [1.82, 2.24) is 10.0 Å². The van der Waals surface area contributed by atoms with Crippen LogP contribution in [0.2, 0.25) is 0 Å². The van der Waals surface area contributed by atoms with E-state index in [0.29, 0.717) is 6.54 Å². The second-order valence-electron chi connectivity index (χ2n) is 4.92. The van der Waals surface area contributed by atoms with E-state index in [2.05, 4.69) is 10.0 Å². The molecular weight excluding hydrogens is 266 g/mol. The lowest BCUT2D eigenvalue weighted by Gasteiger charge is -2.13. The molecular formula is C12H27N3O3S. The third-order valence-electron chi connectivity index (χ3n) is 2.78. The molecule has 0 aromatic carbocycles. The molecule has 0 fully saturated rings. The fourth-order valence-electron chi connectivity index (χ4n) is 1.65. The van der Waals surface area contributed by atoms with E-state index in [1.54, 1.807) is 6.92 Å². The summed E-state index contributed by atoms with van der Waals surface area (Å²) in [6.45, 7) is 6.01. The van der Waals surface area contributed by atoms with Gasteiger partial charge >= 0.3 is 0 Å². The van der Waals surface area contributed by atoms with E-state index in [1.807, 2.05) is 13.8 Å². The van der Waals surface area contributed by atoms with Crippen LogP contribution in [0.5, 0.6) is 0 Å². The molecule has 0 rings (SSSR count). The summed E-state index contributed by atoms with van der Waals surface area (Å²) < 4.78 is 25.1. The molecule has 0 saturated heterocycles. The number of carbonyl (C=O) groups excluding carboxylic acids is 1. The molecule has 0 radical (unpaired) electrons. The number of rotatable bonds is 10. The zero-order valence-electron chi connectivity index (χ0n) is 12.1. The molecule has 0 aliphatic heterocycles. The van der Waals surface area contributed by atoms with Crippen LogP contribution in [0.1, 0.15) is 40.0 Å². The first-order valence-electron chi connectivity index (χ1n) is 6.79. The van der Waals surface area contributed by atoms with Crippen LogP contribution in [0.4, 0.5) is 0 Å². The van der Waals surface area contributed by atoms with Crippen molar-refractivity contribution in [3.8, 4) is 0 Å². The molecule has 4 N–H and O–H groups in total. The van der Waals surface area contributed by atoms with Gasteiger partial charge in [0.25, 0.3) is 0 Å². The van der Waals surface area contributed by atoms with Gasteiger partial charge in [-0.25, -0.2) is 13.1 Å². The molecule has 114 valence electrons. The van der Waals surface area contributed by atoms with E-state index in [4.69, 9.17) is 5.73 Å². The quantitative estimate of drug-likeness (QED) is 0.535. The van der Waals surface area contributed by atoms with E-state index in [1.165, 1.54) is 0 Å². The molecule has 0 aromatic heterocycles. The van der Waals surface area contributed by atoms with Crippen molar-refractivity contribution in [2.45, 2.75) is 46.1 Å². The second-order valence-corrected chi connectivity index (χ2v) is 6.84. The first kappa shape index (κ1) is 18.3. The van der Waals surface area contributed by atoms with Gasteiger partial charge in [0, 0.05) is 25.0 Å². The first-order chi connectivity index (χ1) is 8.78. The Morgan fingerprint density at radius 2 is 1.89 bits per heavy atom. The number of amides is 1. The van der Waals surface area contributed by atoms with Crippen LogP contribution in [-0.2, 0) is 14.8 Å². The van der Waals surface area contributed by atoms with Crippen molar-refractivity contribution in [2.24, 2.45) is 11.7 Å². The lowest BCUT2D eigenvalue weighted by atomic mass is 10.0. The molecule has 0 bridgehead atoms. The van der Waals surface area contributed by atoms with Gasteiger partial charge in [-0.05, 0) is 19.8 Å². The monoisotopic (exact) mass is 293 g/mol. The topological polar surface area (TPSA) is 101 Å². The molecule has 1 amide bonds. The van der Waals surface area contributed by atoms with E-state index >= 15 is 0 Å². The van der Waals surface area contributed by atoms with Gasteiger partial charge in [-0.1, -0.05) is 20.3 Å². The fourth-order valence-corrected chi connectivity index (χ4v) is 2.61. The normalized spacial score (nSPS) is 14.9. The molecule has 0 saturated carbocycles. The Kier molecular flexibility index (Phi) is 8.95. The molecule has 0 heterocycles. The summed E-state index contributed by atoms with van der Waals surface area (Å²) >= 11 is 0. The number of carbonyl (C=O) groups is 1. The van der Waals surface area contributed by atoms with Crippen LogP contribution in [0, 0.1) is 5.92 Å². The maximum atomic E-state index is 11.7. The Morgan fingerprint density at radius 3 is 2.42 bits per heavy atom. The minimum absolute atomic E-state index is 0.0842. The number of sulfonamides is 1. The van der Waals surface area contributed by atoms with Gasteiger partial charge in [-0.15, -0.1) is 0 Å². The number of nitrogens with one attached hydrogen (secondary N) is 2. The van der Waals surface area contributed by atoms with Gasteiger partial charge < -0.3 is 11.1 Å². The van der Waals surface area contributed by atoms with E-state index in [-0.39, 0.29) is 30.2 Å². The largest absolute Gasteiger partial charge is 0.355 e. The third kappa shape index (κ3) is 9.86. The Morgan fingerprint density at radius 1 is 1.26 bits per heavy atom. The Balaban J connectivity index is 3.85. The zero-order chi connectivity index (χ0) is 14.9. The summed E-state index contributed by atoms with van der Waals surface area (Å²) in [5.74, 6) is -0.295. The van der Waals surface area contributed by atoms with E-state index in [9.17, 15) is 13.2 Å². The van der Waals surface area contributed by atoms with Crippen molar-refractivity contribution in [3.63, 3.8) is 0 Å². The molecule has 0 aliphatic rings. The van der Waals surface area contributed by atoms with Crippen LogP contribution in [-0.4, -0.2) is 39.2 Å². The average molecular weight is 293 g/mol. The van der Waals surface area contributed by atoms with E-state index in [0.717, 1.165) is 19.3 Å². The molecule has 19 heavy (non-hydrogen) atoms. The van der Waals surface area contributed by atoms with Gasteiger partial charge in [0.1, 0.15) is 0 Å². The second kappa shape index (κ2) is 9.28. The smallest absolute Gasteiger partial charge is 0.222 e.